The molecule has 1 amide bonds. The van der Waals surface area contributed by atoms with Crippen LogP contribution in [0.1, 0.15) is 17.9 Å². The fraction of sp³-hybridized carbons (Fsp3) is 0.533. The zero-order valence-electron chi connectivity index (χ0n) is 11.9. The first kappa shape index (κ1) is 17.1. The first-order valence-corrected chi connectivity index (χ1v) is 7.17. The van der Waals surface area contributed by atoms with Gasteiger partial charge in [0.1, 0.15) is 11.6 Å². The molecule has 3 rings (SSSR count). The monoisotopic (exact) mass is 332 g/mol. The third-order valence-electron chi connectivity index (χ3n) is 4.33. The van der Waals surface area contributed by atoms with Crippen molar-refractivity contribution in [2.45, 2.75) is 18.4 Å². The van der Waals surface area contributed by atoms with Gasteiger partial charge >= 0.3 is 0 Å². The maximum absolute atomic E-state index is 13.6. The average Bonchev–Trinajstić information content (AvgIpc) is 3.12. The van der Waals surface area contributed by atoms with Crippen LogP contribution in [0.5, 0.6) is 0 Å². The molecule has 3 N–H and O–H groups in total. The highest BCUT2D eigenvalue weighted by molar-refractivity contribution is 5.85. The van der Waals surface area contributed by atoms with Crippen molar-refractivity contribution in [2.75, 3.05) is 19.6 Å². The zero-order chi connectivity index (χ0) is 15.0. The summed E-state index contributed by atoms with van der Waals surface area (Å²) >= 11 is 0. The lowest BCUT2D eigenvalue weighted by Crippen LogP contribution is -2.35. The molecule has 1 saturated heterocycles. The van der Waals surface area contributed by atoms with E-state index in [-0.39, 0.29) is 36.1 Å². The number of halogens is 3. The topological polar surface area (TPSA) is 61.4 Å². The molecule has 0 radical (unpaired) electrons. The first-order valence-electron chi connectivity index (χ1n) is 7.17. The Morgan fingerprint density at radius 3 is 2.77 bits per heavy atom. The van der Waals surface area contributed by atoms with E-state index in [1.165, 1.54) is 12.1 Å². The van der Waals surface area contributed by atoms with Crippen molar-refractivity contribution in [1.29, 1.82) is 0 Å². The van der Waals surface area contributed by atoms with E-state index in [1.54, 1.807) is 0 Å². The Morgan fingerprint density at radius 1 is 1.36 bits per heavy atom. The Labute approximate surface area is 133 Å². The molecule has 4 unspecified atom stereocenters. The summed E-state index contributed by atoms with van der Waals surface area (Å²) in [6.45, 7) is 1.65. The molecule has 22 heavy (non-hydrogen) atoms. The quantitative estimate of drug-likeness (QED) is 0.776. The van der Waals surface area contributed by atoms with Gasteiger partial charge in [0.25, 0.3) is 0 Å². The van der Waals surface area contributed by atoms with Crippen LogP contribution in [-0.2, 0) is 4.79 Å². The predicted molar refractivity (Wildman–Crippen MR) is 79.8 cm³/mol. The highest BCUT2D eigenvalue weighted by atomic mass is 35.5. The number of nitrogens with one attached hydrogen (secondary N) is 2. The van der Waals surface area contributed by atoms with E-state index in [4.69, 9.17) is 0 Å². The lowest BCUT2D eigenvalue weighted by Gasteiger charge is -2.14. The van der Waals surface area contributed by atoms with Gasteiger partial charge < -0.3 is 15.7 Å². The van der Waals surface area contributed by atoms with E-state index in [0.29, 0.717) is 31.6 Å². The molecule has 0 bridgehead atoms. The highest BCUT2D eigenvalue weighted by Crippen LogP contribution is 2.48. The van der Waals surface area contributed by atoms with Crippen molar-refractivity contribution in [3.8, 4) is 0 Å². The minimum atomic E-state index is -0.611. The Kier molecular flexibility index (Phi) is 5.36. The number of amides is 1. The average molecular weight is 333 g/mol. The maximum atomic E-state index is 13.6. The van der Waals surface area contributed by atoms with Gasteiger partial charge in [-0.1, -0.05) is 6.07 Å². The molecule has 0 aromatic heterocycles. The number of carbonyl (C=O) groups excluding carboxylic acids is 1. The summed E-state index contributed by atoms with van der Waals surface area (Å²) in [6.07, 6.45) is 0.148. The number of carbonyl (C=O) groups is 1. The van der Waals surface area contributed by atoms with E-state index in [9.17, 15) is 18.7 Å². The molecule has 1 aromatic carbocycles. The lowest BCUT2D eigenvalue weighted by molar-refractivity contribution is -0.122. The van der Waals surface area contributed by atoms with Crippen LogP contribution < -0.4 is 10.6 Å². The summed E-state index contributed by atoms with van der Waals surface area (Å²) in [7, 11) is 0. The number of hydrogen-bond donors (Lipinski definition) is 3. The van der Waals surface area contributed by atoms with Crippen molar-refractivity contribution >= 4 is 18.3 Å². The summed E-state index contributed by atoms with van der Waals surface area (Å²) in [5.74, 6) is -1.73. The van der Waals surface area contributed by atoms with E-state index in [2.05, 4.69) is 10.6 Å². The van der Waals surface area contributed by atoms with Gasteiger partial charge in [-0.05, 0) is 24.0 Å². The van der Waals surface area contributed by atoms with E-state index in [0.717, 1.165) is 6.07 Å². The second-order valence-corrected chi connectivity index (χ2v) is 5.85. The van der Waals surface area contributed by atoms with Crippen LogP contribution in [0.2, 0.25) is 0 Å². The van der Waals surface area contributed by atoms with Gasteiger partial charge in [0, 0.05) is 37.5 Å². The number of hydrogen-bond acceptors (Lipinski definition) is 3. The van der Waals surface area contributed by atoms with Gasteiger partial charge in [-0.25, -0.2) is 8.78 Å². The summed E-state index contributed by atoms with van der Waals surface area (Å²) in [5.41, 5.74) is 0.402. The fourth-order valence-electron chi connectivity index (χ4n) is 2.92. The molecule has 4 nitrogen and oxygen atoms in total. The van der Waals surface area contributed by atoms with Crippen molar-refractivity contribution in [3.63, 3.8) is 0 Å². The highest BCUT2D eigenvalue weighted by Gasteiger charge is 2.45. The predicted octanol–water partition coefficient (Wildman–Crippen LogP) is 1.19. The second-order valence-electron chi connectivity index (χ2n) is 5.85. The largest absolute Gasteiger partial charge is 0.391 e. The van der Waals surface area contributed by atoms with Gasteiger partial charge in [0.05, 0.1) is 6.10 Å². The molecule has 4 atom stereocenters. The molecule has 1 aromatic rings. The molecule has 1 aliphatic carbocycles. The molecular formula is C15H19ClF2N2O2. The van der Waals surface area contributed by atoms with Crippen LogP contribution >= 0.6 is 12.4 Å². The Bertz CT molecular complexity index is 558. The van der Waals surface area contributed by atoms with Crippen molar-refractivity contribution in [2.24, 2.45) is 11.8 Å². The Morgan fingerprint density at radius 2 is 2.14 bits per heavy atom. The van der Waals surface area contributed by atoms with Gasteiger partial charge in [-0.2, -0.15) is 0 Å². The van der Waals surface area contributed by atoms with Crippen LogP contribution in [0.4, 0.5) is 8.78 Å². The van der Waals surface area contributed by atoms with Crippen molar-refractivity contribution in [1.82, 2.24) is 10.6 Å². The van der Waals surface area contributed by atoms with Crippen LogP contribution in [0.15, 0.2) is 18.2 Å². The summed E-state index contributed by atoms with van der Waals surface area (Å²) in [5, 5.41) is 15.5. The third kappa shape index (κ3) is 3.56. The molecule has 1 aliphatic heterocycles. The molecule has 1 saturated carbocycles. The minimum Gasteiger partial charge on any atom is -0.391 e. The molecule has 2 fully saturated rings. The van der Waals surface area contributed by atoms with Gasteiger partial charge in [-0.3, -0.25) is 4.79 Å². The Balaban J connectivity index is 0.00000176. The number of β-amino-alcohol motifs (C(OH)–C–C–N with tert-alkyl or cyclic N) is 1. The fourth-order valence-corrected chi connectivity index (χ4v) is 2.92. The normalized spacial score (nSPS) is 29.8. The van der Waals surface area contributed by atoms with E-state index < -0.39 is 17.7 Å². The molecule has 1 heterocycles. The standard InChI is InChI=1S/C15H18F2N2O2.ClH/c16-9-1-2-10(13(17)3-9)11-4-12(11)15(21)19-6-8-5-18-7-14(8)20;/h1-3,8,11-12,14,18,20H,4-7H2,(H,19,21);1H. The van der Waals surface area contributed by atoms with Crippen LogP contribution in [-0.4, -0.2) is 36.8 Å². The summed E-state index contributed by atoms with van der Waals surface area (Å²) < 4.78 is 26.5. The second kappa shape index (κ2) is 6.89. The van der Waals surface area contributed by atoms with E-state index in [1.807, 2.05) is 0 Å². The van der Waals surface area contributed by atoms with Crippen molar-refractivity contribution in [3.05, 3.63) is 35.4 Å². The molecule has 2 aliphatic rings. The van der Waals surface area contributed by atoms with Crippen LogP contribution in [0, 0.1) is 23.5 Å². The van der Waals surface area contributed by atoms with Crippen LogP contribution in [0.3, 0.4) is 0 Å². The smallest absolute Gasteiger partial charge is 0.223 e. The summed E-state index contributed by atoms with van der Waals surface area (Å²) in [6, 6.07) is 3.47. The zero-order valence-corrected chi connectivity index (χ0v) is 12.7. The molecular weight excluding hydrogens is 314 g/mol. The van der Waals surface area contributed by atoms with Gasteiger partial charge in [0.2, 0.25) is 5.91 Å². The lowest BCUT2D eigenvalue weighted by atomic mass is 10.1. The number of aliphatic hydroxyl groups excluding tert-OH is 1. The molecule has 122 valence electrons. The maximum Gasteiger partial charge on any atom is 0.223 e. The SMILES string of the molecule is Cl.O=C(NCC1CNCC1O)C1CC1c1ccc(F)cc1F. The third-order valence-corrected chi connectivity index (χ3v) is 4.33. The van der Waals surface area contributed by atoms with Gasteiger partial charge in [0.15, 0.2) is 0 Å². The molecule has 7 heteroatoms. The van der Waals surface area contributed by atoms with Gasteiger partial charge in [-0.15, -0.1) is 12.4 Å². The number of benzene rings is 1. The number of rotatable bonds is 4. The van der Waals surface area contributed by atoms with Crippen molar-refractivity contribution < 1.29 is 18.7 Å². The Hall–Kier alpha value is -1.24. The minimum absolute atomic E-state index is 0. The summed E-state index contributed by atoms with van der Waals surface area (Å²) in [4.78, 5) is 12.0. The van der Waals surface area contributed by atoms with Crippen LogP contribution in [0.25, 0.3) is 0 Å². The molecule has 0 spiro atoms. The van der Waals surface area contributed by atoms with E-state index >= 15 is 0 Å². The number of aliphatic hydroxyl groups is 1. The first-order chi connectivity index (χ1) is 10.1.